The monoisotopic (exact) mass is 350 g/mol. The number of rotatable bonds is 8. The molecule has 0 saturated carbocycles. The van der Waals surface area contributed by atoms with Crippen LogP contribution in [-0.2, 0) is 17.8 Å². The highest BCUT2D eigenvalue weighted by Crippen LogP contribution is 2.33. The van der Waals surface area contributed by atoms with Crippen LogP contribution >= 0.6 is 22.7 Å². The van der Waals surface area contributed by atoms with Gasteiger partial charge in [0.1, 0.15) is 0 Å². The third kappa shape index (κ3) is 5.13. The van der Waals surface area contributed by atoms with E-state index in [1.54, 1.807) is 11.3 Å². The van der Waals surface area contributed by atoms with E-state index in [0.717, 1.165) is 32.8 Å². The minimum atomic E-state index is 0.348. The number of ether oxygens (including phenoxy) is 1. The van der Waals surface area contributed by atoms with Gasteiger partial charge in [-0.1, -0.05) is 0 Å². The highest BCUT2D eigenvalue weighted by Gasteiger charge is 2.20. The Kier molecular flexibility index (Phi) is 6.25. The summed E-state index contributed by atoms with van der Waals surface area (Å²) in [7, 11) is 4.28. The van der Waals surface area contributed by atoms with Crippen LogP contribution in [-0.4, -0.2) is 43.6 Å². The van der Waals surface area contributed by atoms with Gasteiger partial charge in [0.25, 0.3) is 0 Å². The van der Waals surface area contributed by atoms with Gasteiger partial charge >= 0.3 is 0 Å². The molecule has 3 rings (SSSR count). The summed E-state index contributed by atoms with van der Waals surface area (Å²) in [4.78, 5) is 7.66. The predicted octanol–water partition coefficient (Wildman–Crippen LogP) is 4.22. The van der Waals surface area contributed by atoms with Crippen LogP contribution in [0.3, 0.4) is 0 Å². The van der Waals surface area contributed by atoms with Crippen molar-refractivity contribution in [3.8, 4) is 0 Å². The van der Waals surface area contributed by atoms with Gasteiger partial charge in [-0.15, -0.1) is 11.3 Å². The molecule has 126 valence electrons. The smallest absolute Gasteiger partial charge is 0.0917 e. The summed E-state index contributed by atoms with van der Waals surface area (Å²) in [5, 5.41) is 4.43. The molecule has 0 bridgehead atoms. The highest BCUT2D eigenvalue weighted by molar-refractivity contribution is 7.12. The lowest BCUT2D eigenvalue weighted by Crippen LogP contribution is -2.30. The van der Waals surface area contributed by atoms with Crippen molar-refractivity contribution in [2.45, 2.75) is 32.0 Å². The fraction of sp³-hybridized carbons (Fsp3) is 0.556. The Labute approximate surface area is 147 Å². The molecule has 23 heavy (non-hydrogen) atoms. The van der Waals surface area contributed by atoms with Gasteiger partial charge in [0.2, 0.25) is 0 Å². The Bertz CT molecular complexity index is 574. The molecule has 1 aliphatic heterocycles. The first-order valence-electron chi connectivity index (χ1n) is 8.29. The molecule has 0 radical (unpaired) electrons. The second kappa shape index (κ2) is 8.40. The Hall–Kier alpha value is -0.720. The molecule has 0 unspecified atom stereocenters. The van der Waals surface area contributed by atoms with Crippen molar-refractivity contribution in [1.82, 2.24) is 9.80 Å². The Morgan fingerprint density at radius 1 is 1.17 bits per heavy atom. The number of likely N-dealkylation sites (N-methyl/N-ethyl adjacent to an activating group) is 1. The number of hydrogen-bond donors (Lipinski definition) is 0. The fourth-order valence-corrected chi connectivity index (χ4v) is 4.67. The van der Waals surface area contributed by atoms with Crippen molar-refractivity contribution in [2.75, 3.05) is 33.8 Å². The SMILES string of the molecule is CN(C)CCN(Cc1ccsc1)Cc1ccc([C@H]2CCCO2)s1. The van der Waals surface area contributed by atoms with Gasteiger partial charge in [-0.2, -0.15) is 11.3 Å². The van der Waals surface area contributed by atoms with E-state index in [2.05, 4.69) is 52.9 Å². The third-order valence-electron chi connectivity index (χ3n) is 4.16. The first kappa shape index (κ1) is 17.1. The summed E-state index contributed by atoms with van der Waals surface area (Å²) >= 11 is 3.71. The Morgan fingerprint density at radius 2 is 2.09 bits per heavy atom. The van der Waals surface area contributed by atoms with Gasteiger partial charge in [0, 0.05) is 42.5 Å². The van der Waals surface area contributed by atoms with Crippen LogP contribution in [0.5, 0.6) is 0 Å². The number of hydrogen-bond acceptors (Lipinski definition) is 5. The highest BCUT2D eigenvalue weighted by atomic mass is 32.1. The molecular formula is C18H26N2OS2. The first-order chi connectivity index (χ1) is 11.2. The van der Waals surface area contributed by atoms with Crippen LogP contribution in [0.2, 0.25) is 0 Å². The Morgan fingerprint density at radius 3 is 2.78 bits per heavy atom. The summed E-state index contributed by atoms with van der Waals surface area (Å²) < 4.78 is 5.81. The average Bonchev–Trinajstić information content (AvgIpc) is 3.26. The molecule has 3 heterocycles. The standard InChI is InChI=1S/C18H26N2OS2/c1-19(2)8-9-20(12-15-7-11-22-14-15)13-16-5-6-18(23-16)17-4-3-10-21-17/h5-7,11,14,17H,3-4,8-10,12-13H2,1-2H3/t17-/m1/s1. The zero-order chi connectivity index (χ0) is 16.1. The van der Waals surface area contributed by atoms with E-state index in [0.29, 0.717) is 6.10 Å². The molecule has 2 aromatic heterocycles. The van der Waals surface area contributed by atoms with Crippen LogP contribution in [0, 0.1) is 0 Å². The van der Waals surface area contributed by atoms with Gasteiger partial charge in [0.05, 0.1) is 6.10 Å². The van der Waals surface area contributed by atoms with E-state index in [1.807, 2.05) is 11.3 Å². The zero-order valence-corrected chi connectivity index (χ0v) is 15.7. The van der Waals surface area contributed by atoms with E-state index >= 15 is 0 Å². The molecule has 1 aliphatic rings. The first-order valence-corrected chi connectivity index (χ1v) is 10.0. The van der Waals surface area contributed by atoms with Gasteiger partial charge < -0.3 is 9.64 Å². The van der Waals surface area contributed by atoms with Gasteiger partial charge in [0.15, 0.2) is 0 Å². The van der Waals surface area contributed by atoms with Crippen LogP contribution in [0.15, 0.2) is 29.0 Å². The summed E-state index contributed by atoms with van der Waals surface area (Å²) in [5.41, 5.74) is 1.42. The van der Waals surface area contributed by atoms with E-state index in [1.165, 1.54) is 28.2 Å². The van der Waals surface area contributed by atoms with E-state index in [4.69, 9.17) is 4.74 Å². The molecule has 1 saturated heterocycles. The lowest BCUT2D eigenvalue weighted by atomic mass is 10.2. The van der Waals surface area contributed by atoms with E-state index in [-0.39, 0.29) is 0 Å². The molecule has 5 heteroatoms. The van der Waals surface area contributed by atoms with Crippen LogP contribution in [0.25, 0.3) is 0 Å². The van der Waals surface area contributed by atoms with Crippen LogP contribution < -0.4 is 0 Å². The summed E-state index contributed by atoms with van der Waals surface area (Å²) in [6, 6.07) is 6.79. The van der Waals surface area contributed by atoms with Gasteiger partial charge in [-0.3, -0.25) is 4.90 Å². The molecular weight excluding hydrogens is 324 g/mol. The van der Waals surface area contributed by atoms with Crippen molar-refractivity contribution in [1.29, 1.82) is 0 Å². The fourth-order valence-electron chi connectivity index (χ4n) is 2.87. The molecule has 0 aromatic carbocycles. The predicted molar refractivity (Wildman–Crippen MR) is 99.2 cm³/mol. The molecule has 2 aromatic rings. The van der Waals surface area contributed by atoms with E-state index in [9.17, 15) is 0 Å². The van der Waals surface area contributed by atoms with Crippen LogP contribution in [0.1, 0.15) is 34.3 Å². The van der Waals surface area contributed by atoms with Gasteiger partial charge in [-0.05, 0) is 61.5 Å². The molecule has 1 atom stereocenters. The molecule has 3 nitrogen and oxygen atoms in total. The minimum Gasteiger partial charge on any atom is -0.373 e. The maximum Gasteiger partial charge on any atom is 0.0917 e. The van der Waals surface area contributed by atoms with Crippen molar-refractivity contribution >= 4 is 22.7 Å². The van der Waals surface area contributed by atoms with Crippen molar-refractivity contribution < 1.29 is 4.74 Å². The Balaban J connectivity index is 1.62. The second-order valence-electron chi connectivity index (χ2n) is 6.45. The molecule has 1 fully saturated rings. The maximum atomic E-state index is 5.81. The topological polar surface area (TPSA) is 15.7 Å². The average molecular weight is 351 g/mol. The normalized spacial score (nSPS) is 18.3. The van der Waals surface area contributed by atoms with Crippen molar-refractivity contribution in [2.24, 2.45) is 0 Å². The number of thiophene rings is 2. The molecule has 0 aliphatic carbocycles. The number of nitrogens with zero attached hydrogens (tertiary/aromatic N) is 2. The van der Waals surface area contributed by atoms with Crippen molar-refractivity contribution in [3.63, 3.8) is 0 Å². The summed E-state index contributed by atoms with van der Waals surface area (Å²) in [6.07, 6.45) is 2.73. The van der Waals surface area contributed by atoms with Crippen molar-refractivity contribution in [3.05, 3.63) is 44.3 Å². The minimum absolute atomic E-state index is 0.348. The summed E-state index contributed by atoms with van der Waals surface area (Å²) in [5.74, 6) is 0. The second-order valence-corrected chi connectivity index (χ2v) is 8.43. The largest absolute Gasteiger partial charge is 0.373 e. The van der Waals surface area contributed by atoms with Crippen LogP contribution in [0.4, 0.5) is 0 Å². The zero-order valence-electron chi connectivity index (χ0n) is 14.0. The molecule has 0 spiro atoms. The molecule has 0 amide bonds. The lowest BCUT2D eigenvalue weighted by molar-refractivity contribution is 0.114. The van der Waals surface area contributed by atoms with Gasteiger partial charge in [-0.25, -0.2) is 0 Å². The third-order valence-corrected chi connectivity index (χ3v) is 6.05. The molecule has 0 N–H and O–H groups in total. The quantitative estimate of drug-likeness (QED) is 0.709. The maximum absolute atomic E-state index is 5.81. The lowest BCUT2D eigenvalue weighted by Gasteiger charge is -2.23. The van der Waals surface area contributed by atoms with E-state index < -0.39 is 0 Å². The summed E-state index contributed by atoms with van der Waals surface area (Å²) in [6.45, 7) is 5.17.